The Morgan fingerprint density at radius 1 is 1.35 bits per heavy atom. The molecule has 0 spiro atoms. The number of carbonyl (C=O) groups is 1. The molecule has 2 aromatic rings. The molecule has 0 amide bonds. The summed E-state index contributed by atoms with van der Waals surface area (Å²) in [5.41, 5.74) is 7.46. The SMILES string of the molecule is Nc1ccncc1CC(=O)c1ncccc1Br. The standard InChI is InChI=1S/C12H10BrN3O/c13-9-2-1-4-16-12(9)11(17)6-8-7-15-5-3-10(8)14/h1-5,7H,6H2,(H2,14,15). The summed E-state index contributed by atoms with van der Waals surface area (Å²) in [7, 11) is 0. The molecule has 0 aromatic carbocycles. The van der Waals surface area contributed by atoms with Gasteiger partial charge in [0.25, 0.3) is 0 Å². The Labute approximate surface area is 107 Å². The van der Waals surface area contributed by atoms with Crippen LogP contribution >= 0.6 is 15.9 Å². The number of aromatic nitrogens is 2. The minimum Gasteiger partial charge on any atom is -0.398 e. The number of carbonyl (C=O) groups excluding carboxylic acids is 1. The molecule has 86 valence electrons. The van der Waals surface area contributed by atoms with Crippen LogP contribution in [0.3, 0.4) is 0 Å². The van der Waals surface area contributed by atoms with Gasteiger partial charge in [0, 0.05) is 40.7 Å². The van der Waals surface area contributed by atoms with Crippen LogP contribution < -0.4 is 5.73 Å². The molecule has 0 bridgehead atoms. The summed E-state index contributed by atoms with van der Waals surface area (Å²) in [5.74, 6) is -0.0859. The van der Waals surface area contributed by atoms with Crippen molar-refractivity contribution in [3.8, 4) is 0 Å². The Hall–Kier alpha value is -1.75. The maximum Gasteiger partial charge on any atom is 0.186 e. The minimum atomic E-state index is -0.0859. The molecule has 0 aliphatic rings. The van der Waals surface area contributed by atoms with Gasteiger partial charge in [-0.1, -0.05) is 0 Å². The van der Waals surface area contributed by atoms with E-state index in [0.29, 0.717) is 15.9 Å². The van der Waals surface area contributed by atoms with Crippen LogP contribution in [0.25, 0.3) is 0 Å². The van der Waals surface area contributed by atoms with Crippen LogP contribution in [0.5, 0.6) is 0 Å². The van der Waals surface area contributed by atoms with Gasteiger partial charge >= 0.3 is 0 Å². The number of anilines is 1. The fraction of sp³-hybridized carbons (Fsp3) is 0.0833. The molecular formula is C12H10BrN3O. The van der Waals surface area contributed by atoms with E-state index in [2.05, 4.69) is 25.9 Å². The molecule has 0 radical (unpaired) electrons. The van der Waals surface area contributed by atoms with E-state index < -0.39 is 0 Å². The van der Waals surface area contributed by atoms with Gasteiger partial charge in [-0.2, -0.15) is 0 Å². The Kier molecular flexibility index (Phi) is 3.49. The van der Waals surface area contributed by atoms with Crippen LogP contribution in [0.2, 0.25) is 0 Å². The number of nitrogens with zero attached hydrogens (tertiary/aromatic N) is 2. The second-order valence-corrected chi connectivity index (χ2v) is 4.36. The van der Waals surface area contributed by atoms with E-state index in [-0.39, 0.29) is 12.2 Å². The largest absolute Gasteiger partial charge is 0.398 e. The number of hydrogen-bond donors (Lipinski definition) is 1. The molecule has 0 saturated carbocycles. The van der Waals surface area contributed by atoms with E-state index in [1.807, 2.05) is 0 Å². The van der Waals surface area contributed by atoms with Gasteiger partial charge in [-0.3, -0.25) is 14.8 Å². The Morgan fingerprint density at radius 3 is 2.88 bits per heavy atom. The van der Waals surface area contributed by atoms with Crippen molar-refractivity contribution in [3.63, 3.8) is 0 Å². The first-order chi connectivity index (χ1) is 8.18. The molecule has 5 heteroatoms. The van der Waals surface area contributed by atoms with Crippen LogP contribution in [0.15, 0.2) is 41.3 Å². The predicted octanol–water partition coefficient (Wildman–Crippen LogP) is 2.25. The van der Waals surface area contributed by atoms with E-state index in [9.17, 15) is 4.79 Å². The number of ketones is 1. The summed E-state index contributed by atoms with van der Waals surface area (Å²) >= 11 is 3.30. The summed E-state index contributed by atoms with van der Waals surface area (Å²) in [6.07, 6.45) is 4.99. The van der Waals surface area contributed by atoms with Gasteiger partial charge in [0.15, 0.2) is 5.78 Å². The Balaban J connectivity index is 2.24. The normalized spacial score (nSPS) is 10.2. The summed E-state index contributed by atoms with van der Waals surface area (Å²) < 4.78 is 0.687. The molecule has 0 saturated heterocycles. The zero-order chi connectivity index (χ0) is 12.3. The zero-order valence-corrected chi connectivity index (χ0v) is 10.5. The topological polar surface area (TPSA) is 68.9 Å². The zero-order valence-electron chi connectivity index (χ0n) is 8.93. The molecule has 0 fully saturated rings. The molecule has 2 N–H and O–H groups in total. The van der Waals surface area contributed by atoms with Crippen molar-refractivity contribution < 1.29 is 4.79 Å². The third kappa shape index (κ3) is 2.68. The van der Waals surface area contributed by atoms with Crippen molar-refractivity contribution in [2.45, 2.75) is 6.42 Å². The van der Waals surface area contributed by atoms with Crippen molar-refractivity contribution in [2.24, 2.45) is 0 Å². The maximum atomic E-state index is 12.0. The monoisotopic (exact) mass is 291 g/mol. The highest BCUT2D eigenvalue weighted by Gasteiger charge is 2.13. The lowest BCUT2D eigenvalue weighted by molar-refractivity contribution is 0.0987. The van der Waals surface area contributed by atoms with E-state index in [0.717, 1.165) is 5.56 Å². The number of rotatable bonds is 3. The van der Waals surface area contributed by atoms with E-state index in [4.69, 9.17) is 5.73 Å². The van der Waals surface area contributed by atoms with Gasteiger partial charge in [0.1, 0.15) is 5.69 Å². The van der Waals surface area contributed by atoms with Crippen LogP contribution in [0.1, 0.15) is 16.1 Å². The highest BCUT2D eigenvalue weighted by atomic mass is 79.9. The molecule has 17 heavy (non-hydrogen) atoms. The lowest BCUT2D eigenvalue weighted by Gasteiger charge is -2.04. The Morgan fingerprint density at radius 2 is 2.18 bits per heavy atom. The molecule has 2 aromatic heterocycles. The fourth-order valence-corrected chi connectivity index (χ4v) is 1.91. The second kappa shape index (κ2) is 5.05. The number of nitrogen functional groups attached to an aromatic ring is 1. The van der Waals surface area contributed by atoms with Crippen LogP contribution in [-0.2, 0) is 6.42 Å². The summed E-state index contributed by atoms with van der Waals surface area (Å²) in [5, 5.41) is 0. The molecular weight excluding hydrogens is 282 g/mol. The van der Waals surface area contributed by atoms with Crippen LogP contribution in [0.4, 0.5) is 5.69 Å². The van der Waals surface area contributed by atoms with E-state index in [1.54, 1.807) is 36.8 Å². The van der Waals surface area contributed by atoms with Crippen molar-refractivity contribution in [2.75, 3.05) is 5.73 Å². The van der Waals surface area contributed by atoms with E-state index >= 15 is 0 Å². The summed E-state index contributed by atoms with van der Waals surface area (Å²) in [4.78, 5) is 20.0. The third-order valence-electron chi connectivity index (χ3n) is 2.31. The third-order valence-corrected chi connectivity index (χ3v) is 2.95. The minimum absolute atomic E-state index is 0.0859. The average molecular weight is 292 g/mol. The van der Waals surface area contributed by atoms with Gasteiger partial charge in [-0.25, -0.2) is 0 Å². The number of hydrogen-bond acceptors (Lipinski definition) is 4. The van der Waals surface area contributed by atoms with Gasteiger partial charge in [0.05, 0.1) is 0 Å². The Bertz CT molecular complexity index is 557. The van der Waals surface area contributed by atoms with Crippen molar-refractivity contribution in [1.82, 2.24) is 9.97 Å². The summed E-state index contributed by atoms with van der Waals surface area (Å²) in [6, 6.07) is 5.22. The molecule has 2 heterocycles. The lowest BCUT2D eigenvalue weighted by atomic mass is 10.1. The first-order valence-electron chi connectivity index (χ1n) is 5.00. The molecule has 0 aliphatic carbocycles. The number of nitrogens with two attached hydrogens (primary N) is 1. The first-order valence-corrected chi connectivity index (χ1v) is 5.80. The molecule has 0 atom stereocenters. The highest BCUT2D eigenvalue weighted by molar-refractivity contribution is 9.10. The van der Waals surface area contributed by atoms with Gasteiger partial charge in [0.2, 0.25) is 0 Å². The number of pyridine rings is 2. The number of halogens is 1. The molecule has 2 rings (SSSR count). The first kappa shape index (κ1) is 11.7. The maximum absolute atomic E-state index is 12.0. The summed E-state index contributed by atoms with van der Waals surface area (Å²) in [6.45, 7) is 0. The average Bonchev–Trinajstić information content (AvgIpc) is 2.32. The van der Waals surface area contributed by atoms with Crippen LogP contribution in [0, 0.1) is 0 Å². The lowest BCUT2D eigenvalue weighted by Crippen LogP contribution is -2.08. The molecule has 4 nitrogen and oxygen atoms in total. The quantitative estimate of drug-likeness (QED) is 0.881. The van der Waals surface area contributed by atoms with Gasteiger partial charge in [-0.15, -0.1) is 0 Å². The van der Waals surface area contributed by atoms with Crippen molar-refractivity contribution in [3.05, 3.63) is 52.5 Å². The second-order valence-electron chi connectivity index (χ2n) is 3.51. The number of Topliss-reactive ketones (excluding diaryl/α,β-unsaturated/α-hetero) is 1. The van der Waals surface area contributed by atoms with Crippen LogP contribution in [-0.4, -0.2) is 15.8 Å². The molecule has 0 unspecified atom stereocenters. The fourth-order valence-electron chi connectivity index (χ4n) is 1.43. The smallest absolute Gasteiger partial charge is 0.186 e. The van der Waals surface area contributed by atoms with Gasteiger partial charge < -0.3 is 5.73 Å². The van der Waals surface area contributed by atoms with E-state index in [1.165, 1.54) is 0 Å². The molecule has 0 aliphatic heterocycles. The van der Waals surface area contributed by atoms with Gasteiger partial charge in [-0.05, 0) is 34.1 Å². The van der Waals surface area contributed by atoms with Crippen molar-refractivity contribution in [1.29, 1.82) is 0 Å². The highest BCUT2D eigenvalue weighted by Crippen LogP contribution is 2.17. The van der Waals surface area contributed by atoms with Crippen molar-refractivity contribution >= 4 is 27.4 Å². The predicted molar refractivity (Wildman–Crippen MR) is 68.6 cm³/mol.